The highest BCUT2D eigenvalue weighted by Gasteiger charge is 2.62. The second-order valence-corrected chi connectivity index (χ2v) is 25.9. The van der Waals surface area contributed by atoms with Gasteiger partial charge in [-0.2, -0.15) is 0 Å². The quantitative estimate of drug-likeness (QED) is 0.0293. The van der Waals surface area contributed by atoms with E-state index in [0.717, 1.165) is 128 Å². The predicted octanol–water partition coefficient (Wildman–Crippen LogP) is 17.0. The maximum Gasteiger partial charge on any atom is 0.306 e. The number of carbonyl (C=O) groups excluding carboxylic acids is 5. The number of unbranched alkanes of at least 4 members (excludes halogenated alkanes) is 40. The number of hydrogen-bond acceptors (Lipinski definition) is 16. The Labute approximate surface area is 535 Å². The second-order valence-electron chi connectivity index (χ2n) is 25.9. The summed E-state index contributed by atoms with van der Waals surface area (Å²) in [6, 6.07) is 0. The first-order valence-corrected chi connectivity index (χ1v) is 36.8. The summed E-state index contributed by atoms with van der Waals surface area (Å²) in [6.07, 6.45) is 33.7. The monoisotopic (exact) mass is 1250 g/mol. The third-order valence-corrected chi connectivity index (χ3v) is 17.6. The molecule has 0 amide bonds. The van der Waals surface area contributed by atoms with Gasteiger partial charge in [0.2, 0.25) is 5.79 Å². The van der Waals surface area contributed by atoms with Gasteiger partial charge in [0.05, 0.1) is 0 Å². The van der Waals surface area contributed by atoms with Crippen LogP contribution in [-0.2, 0) is 61.9 Å². The average Bonchev–Trinajstić information content (AvgIpc) is 2.39. The van der Waals surface area contributed by atoms with Crippen LogP contribution < -0.4 is 0 Å². The third kappa shape index (κ3) is 38.8. The maximum atomic E-state index is 14.0. The van der Waals surface area contributed by atoms with Crippen molar-refractivity contribution in [3.63, 3.8) is 0 Å². The van der Waals surface area contributed by atoms with Crippen molar-refractivity contribution in [1.82, 2.24) is 0 Å². The van der Waals surface area contributed by atoms with E-state index in [0.29, 0.717) is 32.1 Å². The van der Waals surface area contributed by atoms with Crippen molar-refractivity contribution in [2.24, 2.45) is 0 Å². The Kier molecular flexibility index (Phi) is 50.4. The molecule has 2 aliphatic heterocycles. The molecule has 0 aromatic rings. The molecule has 16 heteroatoms. The molecule has 0 radical (unpaired) electrons. The molecule has 88 heavy (non-hydrogen) atoms. The topological polar surface area (TPSA) is 220 Å². The SMILES string of the molecule is CCCCCCCCCCCC(=O)OC[C@H]1O[C@@](COC(=O)CCCCCCCCCCC)(O[C@H]2O[C@H](COC(=O)CCCCCCCCCCC)[C@@H](O)[C@H](OC(=O)CCCCCCCCCCC)[C@H]2O)[C@@H](OC(=O)CCCCCCCCCCC)[C@@H]1O. The van der Waals surface area contributed by atoms with E-state index in [1.54, 1.807) is 0 Å². The molecular weight excluding hydrogens is 1120 g/mol. The highest BCUT2D eigenvalue weighted by Crippen LogP contribution is 2.40. The van der Waals surface area contributed by atoms with E-state index in [1.165, 1.54) is 128 Å². The fourth-order valence-corrected chi connectivity index (χ4v) is 11.9. The summed E-state index contributed by atoms with van der Waals surface area (Å²) < 4.78 is 48.9. The molecule has 0 aliphatic carbocycles. The summed E-state index contributed by atoms with van der Waals surface area (Å²) in [6.45, 7) is 9.21. The first-order valence-electron chi connectivity index (χ1n) is 36.8. The first kappa shape index (κ1) is 81.2. The summed E-state index contributed by atoms with van der Waals surface area (Å²) in [7, 11) is 0. The van der Waals surface area contributed by atoms with Gasteiger partial charge in [-0.25, -0.2) is 0 Å². The number of aliphatic hydroxyl groups excluding tert-OH is 3. The summed E-state index contributed by atoms with van der Waals surface area (Å²) in [5.74, 6) is -5.41. The lowest BCUT2D eigenvalue weighted by Gasteiger charge is -2.45. The summed E-state index contributed by atoms with van der Waals surface area (Å²) in [4.78, 5) is 67.9. The number of ether oxygens (including phenoxy) is 8. The van der Waals surface area contributed by atoms with Crippen LogP contribution in [0.5, 0.6) is 0 Å². The molecule has 16 nitrogen and oxygen atoms in total. The Hall–Kier alpha value is -2.89. The number of esters is 5. The second kappa shape index (κ2) is 54.6. The van der Waals surface area contributed by atoms with Crippen LogP contribution in [-0.4, -0.2) is 120 Å². The minimum Gasteiger partial charge on any atom is -0.463 e. The number of carbonyl (C=O) groups is 5. The lowest BCUT2D eigenvalue weighted by Crippen LogP contribution is -2.64. The summed E-state index contributed by atoms with van der Waals surface area (Å²) in [5, 5.41) is 36.4. The Morgan fingerprint density at radius 3 is 0.955 bits per heavy atom. The zero-order chi connectivity index (χ0) is 64.1. The van der Waals surface area contributed by atoms with E-state index in [1.807, 2.05) is 0 Å². The smallest absolute Gasteiger partial charge is 0.306 e. The Morgan fingerprint density at radius 2 is 0.614 bits per heavy atom. The highest BCUT2D eigenvalue weighted by molar-refractivity contribution is 5.71. The van der Waals surface area contributed by atoms with Gasteiger partial charge < -0.3 is 53.2 Å². The van der Waals surface area contributed by atoms with Crippen molar-refractivity contribution in [2.45, 2.75) is 410 Å². The molecule has 0 bridgehead atoms. The van der Waals surface area contributed by atoms with Crippen LogP contribution in [0, 0.1) is 0 Å². The van der Waals surface area contributed by atoms with E-state index in [4.69, 9.17) is 37.9 Å². The van der Waals surface area contributed by atoms with Crippen LogP contribution in [0.1, 0.15) is 356 Å². The van der Waals surface area contributed by atoms with E-state index < -0.39 is 104 Å². The van der Waals surface area contributed by atoms with Gasteiger partial charge in [-0.1, -0.05) is 291 Å². The van der Waals surface area contributed by atoms with E-state index in [-0.39, 0.29) is 32.1 Å². The molecule has 2 rings (SSSR count). The average molecular weight is 1250 g/mol. The fourth-order valence-electron chi connectivity index (χ4n) is 11.9. The molecule has 0 saturated carbocycles. The van der Waals surface area contributed by atoms with Crippen LogP contribution >= 0.6 is 0 Å². The van der Waals surface area contributed by atoms with Crippen LogP contribution in [0.2, 0.25) is 0 Å². The molecule has 9 atom stereocenters. The lowest BCUT2D eigenvalue weighted by atomic mass is 9.98. The van der Waals surface area contributed by atoms with Crippen molar-refractivity contribution in [2.75, 3.05) is 19.8 Å². The van der Waals surface area contributed by atoms with Gasteiger partial charge in [0.25, 0.3) is 0 Å². The lowest BCUT2D eigenvalue weighted by molar-refractivity contribution is -0.384. The molecular formula is C72H132O16. The number of aliphatic hydroxyl groups is 3. The van der Waals surface area contributed by atoms with Gasteiger partial charge in [-0.15, -0.1) is 0 Å². The maximum absolute atomic E-state index is 14.0. The molecule has 0 unspecified atom stereocenters. The minimum atomic E-state index is -2.41. The van der Waals surface area contributed by atoms with Gasteiger partial charge >= 0.3 is 29.8 Å². The molecule has 3 N–H and O–H groups in total. The Morgan fingerprint density at radius 1 is 0.330 bits per heavy atom. The summed E-state index contributed by atoms with van der Waals surface area (Å²) >= 11 is 0. The van der Waals surface area contributed by atoms with Crippen LogP contribution in [0.25, 0.3) is 0 Å². The van der Waals surface area contributed by atoms with Crippen molar-refractivity contribution in [3.05, 3.63) is 0 Å². The zero-order valence-electron chi connectivity index (χ0n) is 56.7. The minimum absolute atomic E-state index is 0.00978. The first-order chi connectivity index (χ1) is 42.9. The van der Waals surface area contributed by atoms with Gasteiger partial charge in [0.15, 0.2) is 18.5 Å². The Bertz CT molecular complexity index is 1710. The molecule has 0 spiro atoms. The number of rotatable bonds is 60. The molecule has 2 fully saturated rings. The van der Waals surface area contributed by atoms with E-state index in [2.05, 4.69) is 34.6 Å². The van der Waals surface area contributed by atoms with Gasteiger partial charge in [0, 0.05) is 32.1 Å². The van der Waals surface area contributed by atoms with Crippen LogP contribution in [0.3, 0.4) is 0 Å². The van der Waals surface area contributed by atoms with Gasteiger partial charge in [-0.3, -0.25) is 24.0 Å². The molecule has 516 valence electrons. The molecule has 0 aromatic carbocycles. The van der Waals surface area contributed by atoms with E-state index >= 15 is 0 Å². The largest absolute Gasteiger partial charge is 0.463 e. The molecule has 0 aromatic heterocycles. The predicted molar refractivity (Wildman–Crippen MR) is 347 cm³/mol. The highest BCUT2D eigenvalue weighted by atomic mass is 16.8. The molecule has 2 heterocycles. The third-order valence-electron chi connectivity index (χ3n) is 17.6. The van der Waals surface area contributed by atoms with Crippen molar-refractivity contribution >= 4 is 29.8 Å². The normalized spacial score (nSPS) is 21.8. The van der Waals surface area contributed by atoms with Crippen LogP contribution in [0.4, 0.5) is 0 Å². The number of hydrogen-bond donors (Lipinski definition) is 3. The molecule has 2 aliphatic rings. The van der Waals surface area contributed by atoms with Crippen molar-refractivity contribution < 1.29 is 77.2 Å². The van der Waals surface area contributed by atoms with Crippen molar-refractivity contribution in [3.8, 4) is 0 Å². The van der Waals surface area contributed by atoms with Crippen LogP contribution in [0.15, 0.2) is 0 Å². The standard InChI is InChI=1S/C72H132O16/c1-6-11-16-21-26-31-36-41-46-51-61(73)81-56-59-66(78)69(85-64(76)54-49-44-39-34-29-24-19-14-9-4)68(80)71(84-59)88-72(58-83-63(75)53-48-43-38-33-28-23-18-13-8-3)70(86-65(77)55-50-45-40-35-30-25-20-15-10-5)67(79)60(87-72)57-82-62(74)52-47-42-37-32-27-22-17-12-7-2/h59-60,66-71,78-80H,6-58H2,1-5H3/t59-,60-,66-,67-,68-,69+,70+,71-,72+/m1/s1. The van der Waals surface area contributed by atoms with Gasteiger partial charge in [-0.05, 0) is 32.1 Å². The fraction of sp³-hybridized carbons (Fsp3) is 0.931. The van der Waals surface area contributed by atoms with E-state index in [9.17, 15) is 39.3 Å². The zero-order valence-corrected chi connectivity index (χ0v) is 56.7. The van der Waals surface area contributed by atoms with Crippen molar-refractivity contribution in [1.29, 1.82) is 0 Å². The Balaban J connectivity index is 2.48. The van der Waals surface area contributed by atoms with Gasteiger partial charge in [0.1, 0.15) is 50.3 Å². The summed E-state index contributed by atoms with van der Waals surface area (Å²) in [5.41, 5.74) is 0. The molecule has 2 saturated heterocycles.